The fourth-order valence-electron chi connectivity index (χ4n) is 1.69. The summed E-state index contributed by atoms with van der Waals surface area (Å²) in [6.45, 7) is 2.11. The number of hydrogen-bond acceptors (Lipinski definition) is 2. The van der Waals surface area contributed by atoms with Gasteiger partial charge in [0.05, 0.1) is 5.56 Å². The van der Waals surface area contributed by atoms with Crippen LogP contribution in [0.15, 0.2) is 58.3 Å². The lowest BCUT2D eigenvalue weighted by Gasteiger charge is -2.06. The van der Waals surface area contributed by atoms with Crippen molar-refractivity contribution in [2.24, 2.45) is 0 Å². The summed E-state index contributed by atoms with van der Waals surface area (Å²) in [5.74, 6) is -0.884. The number of aromatic carboxylic acids is 1. The van der Waals surface area contributed by atoms with Crippen LogP contribution in [0.4, 0.5) is 0 Å². The third-order valence-corrected chi connectivity index (χ3v) is 3.72. The Bertz CT molecular complexity index is 564. The highest BCUT2D eigenvalue weighted by Gasteiger charge is 2.10. The van der Waals surface area contributed by atoms with Gasteiger partial charge in [0.15, 0.2) is 0 Å². The second-order valence-corrected chi connectivity index (χ2v) is 5.02. The van der Waals surface area contributed by atoms with Crippen LogP contribution in [0.25, 0.3) is 0 Å². The summed E-state index contributed by atoms with van der Waals surface area (Å²) in [6, 6.07) is 15.3. The lowest BCUT2D eigenvalue weighted by atomic mass is 10.2. The normalized spacial score (nSPS) is 10.3. The van der Waals surface area contributed by atoms with Crippen LogP contribution in [0, 0.1) is 0 Å². The van der Waals surface area contributed by atoms with E-state index in [1.165, 1.54) is 17.3 Å². The first-order valence-corrected chi connectivity index (χ1v) is 6.61. The van der Waals surface area contributed by atoms with E-state index >= 15 is 0 Å². The molecule has 0 aromatic heterocycles. The molecule has 0 heterocycles. The molecule has 2 rings (SSSR count). The van der Waals surface area contributed by atoms with Crippen LogP contribution in [0.1, 0.15) is 22.8 Å². The summed E-state index contributed by atoms with van der Waals surface area (Å²) in [7, 11) is 0. The van der Waals surface area contributed by atoms with E-state index < -0.39 is 5.97 Å². The van der Waals surface area contributed by atoms with Crippen molar-refractivity contribution in [2.45, 2.75) is 23.1 Å². The van der Waals surface area contributed by atoms with Crippen LogP contribution in [-0.4, -0.2) is 11.1 Å². The van der Waals surface area contributed by atoms with Gasteiger partial charge in [-0.05, 0) is 36.2 Å². The highest BCUT2D eigenvalue weighted by atomic mass is 32.2. The van der Waals surface area contributed by atoms with E-state index in [9.17, 15) is 4.79 Å². The van der Waals surface area contributed by atoms with E-state index in [4.69, 9.17) is 5.11 Å². The van der Waals surface area contributed by atoms with Crippen molar-refractivity contribution in [2.75, 3.05) is 0 Å². The van der Waals surface area contributed by atoms with E-state index in [0.717, 1.165) is 16.2 Å². The Balaban J connectivity index is 2.31. The monoisotopic (exact) mass is 258 g/mol. The molecule has 0 amide bonds. The van der Waals surface area contributed by atoms with Crippen LogP contribution in [-0.2, 0) is 6.42 Å². The molecule has 0 aliphatic carbocycles. The number of carboxylic acid groups (broad SMARTS) is 1. The fraction of sp³-hybridized carbons (Fsp3) is 0.133. The van der Waals surface area contributed by atoms with Gasteiger partial charge in [-0.1, -0.05) is 43.0 Å². The predicted molar refractivity (Wildman–Crippen MR) is 73.3 cm³/mol. The zero-order valence-electron chi connectivity index (χ0n) is 10.1. The number of hydrogen-bond donors (Lipinski definition) is 1. The topological polar surface area (TPSA) is 37.3 Å². The summed E-state index contributed by atoms with van der Waals surface area (Å²) < 4.78 is 0. The Morgan fingerprint density at radius 1 is 1.17 bits per heavy atom. The molecular weight excluding hydrogens is 244 g/mol. The molecule has 0 spiro atoms. The zero-order chi connectivity index (χ0) is 13.0. The highest BCUT2D eigenvalue weighted by molar-refractivity contribution is 7.99. The predicted octanol–water partition coefficient (Wildman–Crippen LogP) is 4.10. The first kappa shape index (κ1) is 12.7. The molecule has 3 heteroatoms. The van der Waals surface area contributed by atoms with Gasteiger partial charge in [-0.2, -0.15) is 0 Å². The van der Waals surface area contributed by atoms with Gasteiger partial charge in [0, 0.05) is 9.79 Å². The van der Waals surface area contributed by atoms with Crippen LogP contribution in [0.2, 0.25) is 0 Å². The Hall–Kier alpha value is -1.74. The SMILES string of the molecule is CCc1cccc(Sc2ccccc2C(=O)O)c1. The summed E-state index contributed by atoms with van der Waals surface area (Å²) in [5.41, 5.74) is 1.61. The first-order chi connectivity index (χ1) is 8.70. The first-order valence-electron chi connectivity index (χ1n) is 5.80. The maximum atomic E-state index is 11.1. The standard InChI is InChI=1S/C15H14O2S/c1-2-11-6-5-7-12(10-11)18-14-9-4-3-8-13(14)15(16)17/h3-10H,2H2,1H3,(H,16,17). The molecule has 0 atom stereocenters. The molecule has 0 saturated heterocycles. The average molecular weight is 258 g/mol. The number of carboxylic acids is 1. The van der Waals surface area contributed by atoms with E-state index in [1.54, 1.807) is 12.1 Å². The average Bonchev–Trinajstić information content (AvgIpc) is 2.39. The maximum absolute atomic E-state index is 11.1. The molecule has 92 valence electrons. The van der Waals surface area contributed by atoms with E-state index in [-0.39, 0.29) is 0 Å². The number of benzene rings is 2. The van der Waals surface area contributed by atoms with Gasteiger partial charge >= 0.3 is 5.97 Å². The van der Waals surface area contributed by atoms with Crippen LogP contribution < -0.4 is 0 Å². The van der Waals surface area contributed by atoms with Crippen LogP contribution in [0.3, 0.4) is 0 Å². The zero-order valence-corrected chi connectivity index (χ0v) is 10.9. The second kappa shape index (κ2) is 5.74. The van der Waals surface area contributed by atoms with Gasteiger partial charge in [-0.25, -0.2) is 4.79 Å². The van der Waals surface area contributed by atoms with Crippen LogP contribution >= 0.6 is 11.8 Å². The minimum Gasteiger partial charge on any atom is -0.478 e. The molecule has 0 saturated carbocycles. The van der Waals surface area contributed by atoms with E-state index in [0.29, 0.717) is 5.56 Å². The second-order valence-electron chi connectivity index (χ2n) is 3.90. The molecule has 0 bridgehead atoms. The van der Waals surface area contributed by atoms with Gasteiger partial charge in [-0.15, -0.1) is 0 Å². The molecule has 0 fully saturated rings. The van der Waals surface area contributed by atoms with Crippen molar-refractivity contribution in [3.63, 3.8) is 0 Å². The third kappa shape index (κ3) is 2.93. The van der Waals surface area contributed by atoms with Crippen molar-refractivity contribution < 1.29 is 9.90 Å². The molecule has 0 unspecified atom stereocenters. The number of aryl methyl sites for hydroxylation is 1. The maximum Gasteiger partial charge on any atom is 0.336 e. The molecule has 0 aliphatic rings. The third-order valence-electron chi connectivity index (χ3n) is 2.65. The summed E-state index contributed by atoms with van der Waals surface area (Å²) in [5, 5.41) is 9.13. The van der Waals surface area contributed by atoms with Gasteiger partial charge in [-0.3, -0.25) is 0 Å². The lowest BCUT2D eigenvalue weighted by molar-refractivity contribution is 0.0693. The quantitative estimate of drug-likeness (QED) is 0.897. The summed E-state index contributed by atoms with van der Waals surface area (Å²) in [4.78, 5) is 13.0. The molecule has 0 aliphatic heterocycles. The van der Waals surface area contributed by atoms with Crippen molar-refractivity contribution in [1.29, 1.82) is 0 Å². The minimum atomic E-state index is -0.884. The Labute approximate surface area is 111 Å². The Morgan fingerprint density at radius 3 is 2.67 bits per heavy atom. The Morgan fingerprint density at radius 2 is 1.94 bits per heavy atom. The van der Waals surface area contributed by atoms with Crippen molar-refractivity contribution in [3.8, 4) is 0 Å². The van der Waals surface area contributed by atoms with Gasteiger partial charge in [0.2, 0.25) is 0 Å². The molecule has 2 aromatic rings. The minimum absolute atomic E-state index is 0.351. The van der Waals surface area contributed by atoms with Gasteiger partial charge < -0.3 is 5.11 Å². The lowest BCUT2D eigenvalue weighted by Crippen LogP contribution is -1.97. The fourth-order valence-corrected chi connectivity index (χ4v) is 2.71. The Kier molecular flexibility index (Phi) is 4.05. The van der Waals surface area contributed by atoms with Crippen molar-refractivity contribution in [1.82, 2.24) is 0 Å². The molecule has 2 aromatic carbocycles. The number of rotatable bonds is 4. The molecular formula is C15H14O2S. The van der Waals surface area contributed by atoms with E-state index in [2.05, 4.69) is 19.1 Å². The summed E-state index contributed by atoms with van der Waals surface area (Å²) >= 11 is 1.49. The van der Waals surface area contributed by atoms with Crippen LogP contribution in [0.5, 0.6) is 0 Å². The largest absolute Gasteiger partial charge is 0.478 e. The highest BCUT2D eigenvalue weighted by Crippen LogP contribution is 2.30. The number of carbonyl (C=O) groups is 1. The van der Waals surface area contributed by atoms with Gasteiger partial charge in [0.25, 0.3) is 0 Å². The molecule has 18 heavy (non-hydrogen) atoms. The van der Waals surface area contributed by atoms with Gasteiger partial charge in [0.1, 0.15) is 0 Å². The van der Waals surface area contributed by atoms with Crippen molar-refractivity contribution >= 4 is 17.7 Å². The summed E-state index contributed by atoms with van der Waals surface area (Å²) in [6.07, 6.45) is 0.981. The molecule has 0 radical (unpaired) electrons. The molecule has 2 nitrogen and oxygen atoms in total. The molecule has 1 N–H and O–H groups in total. The van der Waals surface area contributed by atoms with Crippen molar-refractivity contribution in [3.05, 3.63) is 59.7 Å². The van der Waals surface area contributed by atoms with E-state index in [1.807, 2.05) is 24.3 Å². The smallest absolute Gasteiger partial charge is 0.336 e.